The van der Waals surface area contributed by atoms with Gasteiger partial charge in [-0.2, -0.15) is 0 Å². The predicted molar refractivity (Wildman–Crippen MR) is 105 cm³/mol. The Hall–Kier alpha value is -2.86. The van der Waals surface area contributed by atoms with Crippen molar-refractivity contribution in [2.24, 2.45) is 0 Å². The normalized spacial score (nSPS) is 13.2. The average Bonchev–Trinajstić information content (AvgIpc) is 2.92. The van der Waals surface area contributed by atoms with Crippen molar-refractivity contribution in [3.63, 3.8) is 0 Å². The minimum absolute atomic E-state index is 0.0752. The van der Waals surface area contributed by atoms with Crippen molar-refractivity contribution < 1.29 is 19.0 Å². The Morgan fingerprint density at radius 1 is 1.07 bits per heavy atom. The van der Waals surface area contributed by atoms with Crippen molar-refractivity contribution >= 4 is 28.6 Å². The second kappa shape index (κ2) is 7.64. The molecule has 0 saturated heterocycles. The lowest BCUT2D eigenvalue weighted by molar-refractivity contribution is 0.0472. The first-order chi connectivity index (χ1) is 13.5. The molecule has 0 saturated carbocycles. The van der Waals surface area contributed by atoms with Gasteiger partial charge in [0.15, 0.2) is 11.5 Å². The Bertz CT molecular complexity index is 1070. The van der Waals surface area contributed by atoms with Crippen molar-refractivity contribution in [1.29, 1.82) is 0 Å². The Morgan fingerprint density at radius 3 is 2.64 bits per heavy atom. The zero-order chi connectivity index (χ0) is 19.7. The van der Waals surface area contributed by atoms with Crippen LogP contribution in [0.3, 0.4) is 0 Å². The number of benzene rings is 2. The number of ether oxygens (including phenoxy) is 3. The lowest BCUT2D eigenvalue weighted by Gasteiger charge is -2.12. The number of nitrogens with zero attached hydrogens (tertiary/aromatic N) is 2. The molecule has 0 radical (unpaired) electrons. The number of fused-ring (bicyclic) bond motifs is 2. The van der Waals surface area contributed by atoms with Crippen LogP contribution in [0, 0.1) is 13.8 Å². The number of esters is 1. The van der Waals surface area contributed by atoms with Gasteiger partial charge in [-0.3, -0.25) is 0 Å². The quantitative estimate of drug-likeness (QED) is 0.608. The largest absolute Gasteiger partial charge is 0.489 e. The van der Waals surface area contributed by atoms with Gasteiger partial charge in [0.25, 0.3) is 0 Å². The first kappa shape index (κ1) is 18.5. The van der Waals surface area contributed by atoms with E-state index in [0.717, 1.165) is 28.9 Å². The molecule has 2 heterocycles. The van der Waals surface area contributed by atoms with E-state index in [0.29, 0.717) is 40.8 Å². The molecule has 2 aromatic carbocycles. The molecule has 4 rings (SSSR count). The molecule has 0 atom stereocenters. The fourth-order valence-corrected chi connectivity index (χ4v) is 3.25. The molecular formula is C21H19ClN2O4. The third-order valence-corrected chi connectivity index (χ3v) is 4.82. The Morgan fingerprint density at radius 2 is 1.82 bits per heavy atom. The van der Waals surface area contributed by atoms with Crippen LogP contribution in [0.25, 0.3) is 11.0 Å². The van der Waals surface area contributed by atoms with Gasteiger partial charge in [-0.05, 0) is 49.7 Å². The summed E-state index contributed by atoms with van der Waals surface area (Å²) in [6.07, 6.45) is 0.791. The highest BCUT2D eigenvalue weighted by Gasteiger charge is 2.17. The van der Waals surface area contributed by atoms with Crippen LogP contribution in [0.5, 0.6) is 11.5 Å². The van der Waals surface area contributed by atoms with E-state index in [4.69, 9.17) is 25.8 Å². The van der Waals surface area contributed by atoms with Crippen LogP contribution in [0.15, 0.2) is 30.3 Å². The zero-order valence-corrected chi connectivity index (χ0v) is 16.4. The van der Waals surface area contributed by atoms with Gasteiger partial charge in [0.2, 0.25) is 0 Å². The Kier molecular flexibility index (Phi) is 5.05. The van der Waals surface area contributed by atoms with Crippen LogP contribution in [0.1, 0.15) is 33.7 Å². The summed E-state index contributed by atoms with van der Waals surface area (Å²) in [6.45, 7) is 4.99. The lowest BCUT2D eigenvalue weighted by Crippen LogP contribution is -2.06. The molecule has 28 heavy (non-hydrogen) atoms. The zero-order valence-electron chi connectivity index (χ0n) is 15.6. The van der Waals surface area contributed by atoms with Gasteiger partial charge >= 0.3 is 5.97 Å². The average molecular weight is 399 g/mol. The van der Waals surface area contributed by atoms with Crippen LogP contribution in [0.2, 0.25) is 5.02 Å². The molecule has 1 aromatic heterocycles. The van der Waals surface area contributed by atoms with Crippen molar-refractivity contribution in [3.05, 3.63) is 57.9 Å². The highest BCUT2D eigenvalue weighted by molar-refractivity contribution is 6.32. The molecular weight excluding hydrogens is 380 g/mol. The van der Waals surface area contributed by atoms with Crippen LogP contribution in [-0.4, -0.2) is 29.2 Å². The number of hydrogen-bond acceptors (Lipinski definition) is 6. The molecule has 3 aromatic rings. The fourth-order valence-electron chi connectivity index (χ4n) is 2.96. The van der Waals surface area contributed by atoms with E-state index in [-0.39, 0.29) is 6.61 Å². The topological polar surface area (TPSA) is 70.5 Å². The van der Waals surface area contributed by atoms with Gasteiger partial charge < -0.3 is 14.2 Å². The van der Waals surface area contributed by atoms with Crippen molar-refractivity contribution in [2.45, 2.75) is 26.9 Å². The maximum atomic E-state index is 12.5. The molecule has 0 N–H and O–H groups in total. The van der Waals surface area contributed by atoms with Crippen LogP contribution in [-0.2, 0) is 11.3 Å². The minimum Gasteiger partial charge on any atom is -0.489 e. The second-order valence-corrected chi connectivity index (χ2v) is 7.04. The van der Waals surface area contributed by atoms with E-state index in [1.54, 1.807) is 30.3 Å². The third kappa shape index (κ3) is 3.73. The number of halogens is 1. The van der Waals surface area contributed by atoms with Crippen LogP contribution < -0.4 is 9.47 Å². The number of aryl methyl sites for hydroxylation is 2. The first-order valence-electron chi connectivity index (χ1n) is 9.01. The Balaban J connectivity index is 1.51. The molecule has 0 aliphatic carbocycles. The summed E-state index contributed by atoms with van der Waals surface area (Å²) >= 11 is 6.28. The monoisotopic (exact) mass is 398 g/mol. The highest BCUT2D eigenvalue weighted by atomic mass is 35.5. The summed E-state index contributed by atoms with van der Waals surface area (Å²) in [5, 5.41) is 0.442. The molecule has 0 amide bonds. The summed E-state index contributed by atoms with van der Waals surface area (Å²) in [5.74, 6) is 0.668. The molecule has 6 nitrogen and oxygen atoms in total. The first-order valence-corrected chi connectivity index (χ1v) is 9.39. The molecule has 1 aliphatic heterocycles. The van der Waals surface area contributed by atoms with Gasteiger partial charge in [0.05, 0.1) is 46.2 Å². The summed E-state index contributed by atoms with van der Waals surface area (Å²) in [5.41, 5.74) is 4.26. The van der Waals surface area contributed by atoms with Gasteiger partial charge in [-0.15, -0.1) is 0 Å². The van der Waals surface area contributed by atoms with Crippen molar-refractivity contribution in [3.8, 4) is 11.5 Å². The molecule has 0 fully saturated rings. The SMILES string of the molecule is Cc1nc2ccc(C(=O)OCc3cc(Cl)c4c(c3)OCCCO4)cc2nc1C. The summed E-state index contributed by atoms with van der Waals surface area (Å²) in [4.78, 5) is 21.4. The number of aromatic nitrogens is 2. The fraction of sp³-hybridized carbons (Fsp3) is 0.286. The smallest absolute Gasteiger partial charge is 0.338 e. The maximum absolute atomic E-state index is 12.5. The second-order valence-electron chi connectivity index (χ2n) is 6.63. The molecule has 7 heteroatoms. The lowest BCUT2D eigenvalue weighted by atomic mass is 10.1. The molecule has 0 unspecified atom stereocenters. The van der Waals surface area contributed by atoms with E-state index >= 15 is 0 Å². The standard InChI is InChI=1S/C21H19ClN2O4/c1-12-13(2)24-18-10-15(4-5-17(18)23-12)21(25)28-11-14-8-16(22)20-19(9-14)26-6-3-7-27-20/h4-5,8-10H,3,6-7,11H2,1-2H3. The summed E-state index contributed by atoms with van der Waals surface area (Å²) in [7, 11) is 0. The van der Waals surface area contributed by atoms with E-state index in [1.165, 1.54) is 0 Å². The number of rotatable bonds is 3. The van der Waals surface area contributed by atoms with E-state index in [2.05, 4.69) is 9.97 Å². The number of hydrogen-bond donors (Lipinski definition) is 0. The molecule has 144 valence electrons. The number of carbonyl (C=O) groups excluding carboxylic acids is 1. The Labute approximate surface area is 167 Å². The minimum atomic E-state index is -0.440. The van der Waals surface area contributed by atoms with E-state index in [1.807, 2.05) is 13.8 Å². The number of carbonyl (C=O) groups is 1. The van der Waals surface area contributed by atoms with Crippen molar-refractivity contribution in [1.82, 2.24) is 9.97 Å². The van der Waals surface area contributed by atoms with Crippen molar-refractivity contribution in [2.75, 3.05) is 13.2 Å². The summed E-state index contributed by atoms with van der Waals surface area (Å²) < 4.78 is 16.7. The van der Waals surface area contributed by atoms with Gasteiger partial charge in [0.1, 0.15) is 6.61 Å². The molecule has 0 spiro atoms. The summed E-state index contributed by atoms with van der Waals surface area (Å²) in [6, 6.07) is 8.67. The van der Waals surface area contributed by atoms with Gasteiger partial charge in [0, 0.05) is 6.42 Å². The third-order valence-electron chi connectivity index (χ3n) is 4.54. The van der Waals surface area contributed by atoms with Crippen LogP contribution >= 0.6 is 11.6 Å². The predicted octanol–water partition coefficient (Wildman–Crippen LogP) is 4.42. The molecule has 0 bridgehead atoms. The van der Waals surface area contributed by atoms with E-state index in [9.17, 15) is 4.79 Å². The van der Waals surface area contributed by atoms with Crippen LogP contribution in [0.4, 0.5) is 0 Å². The highest BCUT2D eigenvalue weighted by Crippen LogP contribution is 2.38. The van der Waals surface area contributed by atoms with Gasteiger partial charge in [-0.1, -0.05) is 11.6 Å². The molecule has 1 aliphatic rings. The van der Waals surface area contributed by atoms with E-state index < -0.39 is 5.97 Å². The van der Waals surface area contributed by atoms with Gasteiger partial charge in [-0.25, -0.2) is 14.8 Å². The maximum Gasteiger partial charge on any atom is 0.338 e.